The van der Waals surface area contributed by atoms with E-state index in [9.17, 15) is 45.3 Å². The number of fused-ring (bicyclic) bond motifs is 1. The molecule has 38 heavy (non-hydrogen) atoms. The van der Waals surface area contributed by atoms with Crippen LogP contribution in [-0.4, -0.2) is 135 Å². The van der Waals surface area contributed by atoms with Gasteiger partial charge in [-0.3, -0.25) is 0 Å². The summed E-state index contributed by atoms with van der Waals surface area (Å²) in [5.41, 5.74) is -0.0774. The van der Waals surface area contributed by atoms with Gasteiger partial charge < -0.3 is 25.2 Å². The van der Waals surface area contributed by atoms with Crippen LogP contribution < -0.4 is 10.9 Å². The second kappa shape index (κ2) is 12.6. The number of aromatic nitrogens is 1. The summed E-state index contributed by atoms with van der Waals surface area (Å²) in [5, 5.41) is 73.5. The van der Waals surface area contributed by atoms with Crippen molar-refractivity contribution in [2.75, 3.05) is 13.2 Å². The molecule has 4 rings (SSSR count). The van der Waals surface area contributed by atoms with Crippen LogP contribution in [-0.2, 0) is 25.5 Å². The first-order valence-corrected chi connectivity index (χ1v) is 13.7. The summed E-state index contributed by atoms with van der Waals surface area (Å²) < 4.78 is 19.0. The zero-order chi connectivity index (χ0) is 27.6. The molecule has 10 atom stereocenters. The summed E-state index contributed by atoms with van der Waals surface area (Å²) >= 11 is -0.165. The fraction of sp³-hybridized carbons (Fsp3) is 0.652. The van der Waals surface area contributed by atoms with E-state index in [1.54, 1.807) is 15.7 Å². The Morgan fingerprint density at radius 2 is 1.66 bits per heavy atom. The number of nitrogens with zero attached hydrogens (tertiary/aromatic N) is 1. The van der Waals surface area contributed by atoms with Crippen molar-refractivity contribution >= 4 is 30.3 Å². The first kappa shape index (κ1) is 29.3. The van der Waals surface area contributed by atoms with Crippen LogP contribution in [0.5, 0.6) is 0 Å². The Morgan fingerprint density at radius 1 is 0.947 bits per heavy atom. The molecule has 0 bridgehead atoms. The van der Waals surface area contributed by atoms with Crippen LogP contribution in [0.1, 0.15) is 12.8 Å². The first-order valence-electron chi connectivity index (χ1n) is 12.1. The molecule has 15 heteroatoms. The van der Waals surface area contributed by atoms with Crippen LogP contribution in [0.25, 0.3) is 9.65 Å². The maximum absolute atomic E-state index is 12.5. The van der Waals surface area contributed by atoms with E-state index >= 15 is 0 Å². The maximum atomic E-state index is 12.5. The molecule has 1 amide bonds. The van der Waals surface area contributed by atoms with Gasteiger partial charge in [0.15, 0.2) is 0 Å². The van der Waals surface area contributed by atoms with E-state index in [4.69, 9.17) is 14.2 Å². The summed E-state index contributed by atoms with van der Waals surface area (Å²) in [4.78, 5) is 25.0. The predicted octanol–water partition coefficient (Wildman–Crippen LogP) is -4.42. The summed E-state index contributed by atoms with van der Waals surface area (Å²) in [6.45, 7) is -1.04. The molecule has 3 heterocycles. The van der Waals surface area contributed by atoms with Gasteiger partial charge in [0.1, 0.15) is 24.4 Å². The average molecular weight is 607 g/mol. The van der Waals surface area contributed by atoms with Gasteiger partial charge in [-0.15, -0.1) is 0 Å². The number of nitrogens with one attached hydrogen (secondary N) is 1. The number of hydrogen-bond donors (Lipinski definition) is 8. The normalized spacial score (nSPS) is 35.9. The number of carbonyl (C=O) groups is 1. The molecule has 1 aromatic heterocycles. The summed E-state index contributed by atoms with van der Waals surface area (Å²) in [6.07, 6.45) is -15.2. The Kier molecular flexibility index (Phi) is 9.73. The third-order valence-electron chi connectivity index (χ3n) is 6.63. The fourth-order valence-electron chi connectivity index (χ4n) is 4.49. The number of aryl methyl sites for hydroxylation is 1. The molecule has 2 aliphatic rings. The van der Waals surface area contributed by atoms with Gasteiger partial charge in [0.25, 0.3) is 0 Å². The SMILES string of the molecule is O=C(CCCn1[se]c2ccccc2c1=O)N[C@@H]1O[C@H](CO)[C@@H](O[C@@H]2O[C@H](CO)[C@H](O)[C@H](O)[C@H]2O)[C@H](O)[C@H]1O. The van der Waals surface area contributed by atoms with Gasteiger partial charge in [-0.05, 0) is 0 Å². The van der Waals surface area contributed by atoms with Crippen molar-refractivity contribution in [1.29, 1.82) is 0 Å². The molecule has 1 aromatic carbocycles. The van der Waals surface area contributed by atoms with Gasteiger partial charge in [0, 0.05) is 0 Å². The van der Waals surface area contributed by atoms with Gasteiger partial charge in [0.05, 0.1) is 6.61 Å². The number of benzene rings is 1. The van der Waals surface area contributed by atoms with Crippen molar-refractivity contribution in [3.8, 4) is 0 Å². The number of aliphatic hydroxyl groups is 7. The van der Waals surface area contributed by atoms with Crippen molar-refractivity contribution in [3.05, 3.63) is 34.6 Å². The Bertz CT molecular complexity index is 1140. The number of hydrogen-bond acceptors (Lipinski definition) is 12. The van der Waals surface area contributed by atoms with Crippen molar-refractivity contribution in [2.24, 2.45) is 0 Å². The molecule has 0 saturated carbocycles. The fourth-order valence-corrected chi connectivity index (χ4v) is 6.65. The second-order valence-electron chi connectivity index (χ2n) is 9.22. The molecule has 2 fully saturated rings. The van der Waals surface area contributed by atoms with Gasteiger partial charge >= 0.3 is 166 Å². The quantitative estimate of drug-likeness (QED) is 0.127. The Hall–Kier alpha value is -1.72. The van der Waals surface area contributed by atoms with Gasteiger partial charge in [-0.2, -0.15) is 0 Å². The van der Waals surface area contributed by atoms with Gasteiger partial charge in [-0.1, -0.05) is 0 Å². The molecule has 0 spiro atoms. The van der Waals surface area contributed by atoms with E-state index in [0.717, 1.165) is 4.26 Å². The minimum absolute atomic E-state index is 0.00741. The molecule has 212 valence electrons. The summed E-state index contributed by atoms with van der Waals surface area (Å²) in [7, 11) is 0. The third kappa shape index (κ3) is 6.04. The average Bonchev–Trinajstić information content (AvgIpc) is 3.23. The van der Waals surface area contributed by atoms with Crippen molar-refractivity contribution in [2.45, 2.75) is 80.7 Å². The molecule has 8 N–H and O–H groups in total. The summed E-state index contributed by atoms with van der Waals surface area (Å²) in [6, 6.07) is 7.34. The molecule has 0 aliphatic carbocycles. The van der Waals surface area contributed by atoms with E-state index in [1.807, 2.05) is 12.1 Å². The zero-order valence-corrected chi connectivity index (χ0v) is 21.9. The predicted molar refractivity (Wildman–Crippen MR) is 129 cm³/mol. The van der Waals surface area contributed by atoms with Crippen LogP contribution in [0, 0.1) is 0 Å². The monoisotopic (exact) mass is 608 g/mol. The zero-order valence-electron chi connectivity index (χ0n) is 20.1. The first-order chi connectivity index (χ1) is 18.2. The van der Waals surface area contributed by atoms with Crippen molar-refractivity contribution < 1.29 is 54.8 Å². The number of aliphatic hydroxyl groups excluding tert-OH is 7. The second-order valence-corrected chi connectivity index (χ2v) is 11.5. The van der Waals surface area contributed by atoms with E-state index in [-0.39, 0.29) is 26.7 Å². The Morgan fingerprint density at radius 3 is 2.34 bits per heavy atom. The topological polar surface area (TPSA) is 220 Å². The van der Waals surface area contributed by atoms with Crippen LogP contribution in [0.2, 0.25) is 0 Å². The molecule has 2 aromatic rings. The third-order valence-corrected chi connectivity index (χ3v) is 8.98. The molecular formula is C23H32N2O12Se. The standard InChI is InChI=1S/C23H32N2O12Se/c26-8-11-15(29)16(30)19(33)23(36-11)37-20-12(9-27)35-21(18(32)17(20)31)24-14(28)6-3-7-25-22(34)10-4-1-2-5-13(10)38-25/h1-2,4-5,11-12,15-21,23,26-27,29-33H,3,6-9H2,(H,24,28)/t11-,12-,15+,16+,17-,18-,19-,20-,21-,23+/m1/s1. The molecule has 14 nitrogen and oxygen atoms in total. The van der Waals surface area contributed by atoms with Gasteiger partial charge in [-0.25, -0.2) is 0 Å². The van der Waals surface area contributed by atoms with E-state index in [0.29, 0.717) is 18.4 Å². The molecule has 2 aliphatic heterocycles. The summed E-state index contributed by atoms with van der Waals surface area (Å²) in [5.74, 6) is -0.511. The Labute approximate surface area is 222 Å². The molecule has 2 saturated heterocycles. The molecule has 0 radical (unpaired) electrons. The Balaban J connectivity index is 1.32. The molecular weight excluding hydrogens is 575 g/mol. The number of amides is 1. The van der Waals surface area contributed by atoms with Crippen molar-refractivity contribution in [3.63, 3.8) is 0 Å². The van der Waals surface area contributed by atoms with Crippen LogP contribution in [0.4, 0.5) is 0 Å². The van der Waals surface area contributed by atoms with E-state index < -0.39 is 80.5 Å². The minimum atomic E-state index is -1.77. The number of carbonyl (C=O) groups excluding carboxylic acids is 1. The van der Waals surface area contributed by atoms with Crippen LogP contribution >= 0.6 is 0 Å². The number of rotatable bonds is 9. The molecule has 0 unspecified atom stereocenters. The van der Waals surface area contributed by atoms with Crippen LogP contribution in [0.15, 0.2) is 29.1 Å². The van der Waals surface area contributed by atoms with Crippen LogP contribution in [0.3, 0.4) is 0 Å². The number of ether oxygens (including phenoxy) is 3. The van der Waals surface area contributed by atoms with Crippen molar-refractivity contribution in [1.82, 2.24) is 8.88 Å². The van der Waals surface area contributed by atoms with Gasteiger partial charge in [0.2, 0.25) is 0 Å². The van der Waals surface area contributed by atoms with E-state index in [2.05, 4.69) is 5.32 Å². The van der Waals surface area contributed by atoms with E-state index in [1.165, 1.54) is 0 Å².